The van der Waals surface area contributed by atoms with Gasteiger partial charge in [0.1, 0.15) is 6.04 Å². The number of nitrogens with zero attached hydrogens (tertiary/aromatic N) is 2. The van der Waals surface area contributed by atoms with E-state index in [1.165, 1.54) is 11.8 Å². The molecule has 0 amide bonds. The fourth-order valence-electron chi connectivity index (χ4n) is 1.20. The summed E-state index contributed by atoms with van der Waals surface area (Å²) in [6.45, 7) is 3.68. The third-order valence-corrected chi connectivity index (χ3v) is 3.86. The zero-order chi connectivity index (χ0) is 12.3. The first-order valence-corrected chi connectivity index (χ1v) is 5.91. The molecule has 6 heteroatoms. The molecule has 0 saturated heterocycles. The van der Waals surface area contributed by atoms with Gasteiger partial charge in [0.2, 0.25) is 0 Å². The van der Waals surface area contributed by atoms with Gasteiger partial charge in [0.15, 0.2) is 0 Å². The van der Waals surface area contributed by atoms with Crippen LogP contribution in [-0.2, 0) is 17.6 Å². The highest BCUT2D eigenvalue weighted by Gasteiger charge is 2.32. The molecule has 0 saturated carbocycles. The monoisotopic (exact) mass is 243 g/mol. The number of carbonyl (C=O) groups is 1. The van der Waals surface area contributed by atoms with Gasteiger partial charge in [0.05, 0.1) is 6.20 Å². The summed E-state index contributed by atoms with van der Waals surface area (Å²) < 4.78 is 1.22. The van der Waals surface area contributed by atoms with Crippen LogP contribution in [0.3, 0.4) is 0 Å². The van der Waals surface area contributed by atoms with Crippen molar-refractivity contribution in [2.45, 2.75) is 30.4 Å². The van der Waals surface area contributed by atoms with Crippen LogP contribution in [0, 0.1) is 0 Å². The van der Waals surface area contributed by atoms with Crippen molar-refractivity contribution in [3.05, 3.63) is 18.0 Å². The molecular weight excluding hydrogens is 226 g/mol. The lowest BCUT2D eigenvalue weighted by Gasteiger charge is -2.27. The van der Waals surface area contributed by atoms with Gasteiger partial charge in [-0.3, -0.25) is 9.48 Å². The van der Waals surface area contributed by atoms with Crippen LogP contribution in [0.4, 0.5) is 0 Å². The van der Waals surface area contributed by atoms with E-state index in [0.29, 0.717) is 5.75 Å². The maximum absolute atomic E-state index is 10.8. The van der Waals surface area contributed by atoms with E-state index in [0.717, 1.165) is 5.56 Å². The highest BCUT2D eigenvalue weighted by molar-refractivity contribution is 7.99. The van der Waals surface area contributed by atoms with E-state index in [9.17, 15) is 4.79 Å². The van der Waals surface area contributed by atoms with Crippen LogP contribution in [0.25, 0.3) is 0 Å². The van der Waals surface area contributed by atoms with Crippen LogP contribution in [0.2, 0.25) is 0 Å². The van der Waals surface area contributed by atoms with E-state index < -0.39 is 16.8 Å². The molecule has 0 aliphatic rings. The van der Waals surface area contributed by atoms with Crippen LogP contribution in [0.15, 0.2) is 12.4 Å². The van der Waals surface area contributed by atoms with Crippen LogP contribution in [0.5, 0.6) is 0 Å². The third kappa shape index (κ3) is 3.24. The second-order valence-electron chi connectivity index (χ2n) is 4.23. The SMILES string of the molecule is Cn1cc(CSC(C)(C)[C@@H](N)C(=O)O)cn1. The first-order chi connectivity index (χ1) is 7.33. The summed E-state index contributed by atoms with van der Waals surface area (Å²) in [5.74, 6) is -0.259. The normalized spacial score (nSPS) is 13.8. The van der Waals surface area contributed by atoms with E-state index in [1.807, 2.05) is 27.1 Å². The number of hydrogen-bond acceptors (Lipinski definition) is 4. The molecule has 90 valence electrons. The summed E-state index contributed by atoms with van der Waals surface area (Å²) in [4.78, 5) is 10.8. The van der Waals surface area contributed by atoms with Crippen LogP contribution in [0.1, 0.15) is 19.4 Å². The quantitative estimate of drug-likeness (QED) is 0.801. The highest BCUT2D eigenvalue weighted by Crippen LogP contribution is 2.30. The Balaban J connectivity index is 2.57. The molecule has 5 nitrogen and oxygen atoms in total. The Morgan fingerprint density at radius 3 is 2.81 bits per heavy atom. The van der Waals surface area contributed by atoms with Crippen molar-refractivity contribution in [1.29, 1.82) is 0 Å². The standard InChI is InChI=1S/C10H17N3O2S/c1-10(2,8(11)9(14)15)16-6-7-4-12-13(3)5-7/h4-5,8H,6,11H2,1-3H3,(H,14,15)/t8-/m0/s1. The molecule has 1 aromatic heterocycles. The highest BCUT2D eigenvalue weighted by atomic mass is 32.2. The third-order valence-electron chi connectivity index (χ3n) is 2.38. The summed E-state index contributed by atoms with van der Waals surface area (Å²) in [6, 6.07) is -0.867. The molecule has 1 rings (SSSR count). The van der Waals surface area contributed by atoms with Gasteiger partial charge in [-0.2, -0.15) is 5.10 Å². The molecule has 16 heavy (non-hydrogen) atoms. The zero-order valence-electron chi connectivity index (χ0n) is 9.67. The Hall–Kier alpha value is -1.01. The predicted octanol–water partition coefficient (Wildman–Crippen LogP) is 0.844. The summed E-state index contributed by atoms with van der Waals surface area (Å²) in [5, 5.41) is 12.9. The summed E-state index contributed by atoms with van der Waals surface area (Å²) in [7, 11) is 1.85. The lowest BCUT2D eigenvalue weighted by Crippen LogP contribution is -2.46. The molecule has 1 aromatic rings. The largest absolute Gasteiger partial charge is 0.480 e. The van der Waals surface area contributed by atoms with Crippen molar-refractivity contribution in [2.24, 2.45) is 12.8 Å². The Morgan fingerprint density at radius 1 is 1.75 bits per heavy atom. The van der Waals surface area contributed by atoms with Crippen LogP contribution >= 0.6 is 11.8 Å². The number of carboxylic acids is 1. The van der Waals surface area contributed by atoms with Gasteiger partial charge in [-0.1, -0.05) is 0 Å². The van der Waals surface area contributed by atoms with Crippen LogP contribution in [-0.4, -0.2) is 31.6 Å². The molecule has 3 N–H and O–H groups in total. The first-order valence-electron chi connectivity index (χ1n) is 4.93. The number of aromatic nitrogens is 2. The molecule has 0 aliphatic heterocycles. The lowest BCUT2D eigenvalue weighted by atomic mass is 10.1. The van der Waals surface area contributed by atoms with E-state index in [-0.39, 0.29) is 0 Å². The van der Waals surface area contributed by atoms with Gasteiger partial charge in [-0.05, 0) is 19.4 Å². The Kier molecular flexibility index (Phi) is 3.98. The van der Waals surface area contributed by atoms with E-state index in [2.05, 4.69) is 5.10 Å². The number of nitrogens with two attached hydrogens (primary N) is 1. The molecule has 0 fully saturated rings. The number of carboxylic acid groups (broad SMARTS) is 1. The summed E-state index contributed by atoms with van der Waals surface area (Å²) >= 11 is 1.52. The second-order valence-corrected chi connectivity index (χ2v) is 5.86. The van der Waals surface area contributed by atoms with Crippen molar-refractivity contribution in [3.63, 3.8) is 0 Å². The molecular formula is C10H17N3O2S. The zero-order valence-corrected chi connectivity index (χ0v) is 10.5. The Morgan fingerprint density at radius 2 is 2.38 bits per heavy atom. The fraction of sp³-hybridized carbons (Fsp3) is 0.600. The minimum absolute atomic E-state index is 0.498. The average Bonchev–Trinajstić information content (AvgIpc) is 2.60. The maximum Gasteiger partial charge on any atom is 0.321 e. The number of hydrogen-bond donors (Lipinski definition) is 2. The number of thioether (sulfide) groups is 1. The molecule has 0 bridgehead atoms. The smallest absolute Gasteiger partial charge is 0.321 e. The number of aliphatic carboxylic acids is 1. The first kappa shape index (κ1) is 13.1. The van der Waals surface area contributed by atoms with Gasteiger partial charge in [0, 0.05) is 23.7 Å². The van der Waals surface area contributed by atoms with Gasteiger partial charge in [0.25, 0.3) is 0 Å². The summed E-state index contributed by atoms with van der Waals surface area (Å²) in [6.07, 6.45) is 3.69. The second kappa shape index (κ2) is 4.88. The Bertz CT molecular complexity index is 376. The van der Waals surface area contributed by atoms with Crippen molar-refractivity contribution >= 4 is 17.7 Å². The molecule has 0 aromatic carbocycles. The van der Waals surface area contributed by atoms with E-state index >= 15 is 0 Å². The molecule has 0 unspecified atom stereocenters. The van der Waals surface area contributed by atoms with E-state index in [4.69, 9.17) is 10.8 Å². The van der Waals surface area contributed by atoms with Gasteiger partial charge in [-0.15, -0.1) is 11.8 Å². The molecule has 1 atom stereocenters. The predicted molar refractivity (Wildman–Crippen MR) is 64.2 cm³/mol. The molecule has 0 spiro atoms. The summed E-state index contributed by atoms with van der Waals surface area (Å²) in [5.41, 5.74) is 6.69. The van der Waals surface area contributed by atoms with Crippen LogP contribution < -0.4 is 5.73 Å². The fourth-order valence-corrected chi connectivity index (χ4v) is 2.17. The van der Waals surface area contributed by atoms with Gasteiger partial charge in [-0.25, -0.2) is 0 Å². The molecule has 1 heterocycles. The van der Waals surface area contributed by atoms with Gasteiger partial charge < -0.3 is 10.8 Å². The minimum atomic E-state index is -0.969. The Labute approximate surface area is 99.0 Å². The molecule has 0 aliphatic carbocycles. The number of rotatable bonds is 5. The van der Waals surface area contributed by atoms with Crippen molar-refractivity contribution < 1.29 is 9.90 Å². The maximum atomic E-state index is 10.8. The van der Waals surface area contributed by atoms with E-state index in [1.54, 1.807) is 10.9 Å². The van der Waals surface area contributed by atoms with Gasteiger partial charge >= 0.3 is 5.97 Å². The average molecular weight is 243 g/mol. The van der Waals surface area contributed by atoms with Crippen molar-refractivity contribution in [3.8, 4) is 0 Å². The van der Waals surface area contributed by atoms with Crippen molar-refractivity contribution in [1.82, 2.24) is 9.78 Å². The van der Waals surface area contributed by atoms with Crippen molar-refractivity contribution in [2.75, 3.05) is 0 Å². The topological polar surface area (TPSA) is 81.1 Å². The number of aryl methyl sites for hydroxylation is 1. The lowest BCUT2D eigenvalue weighted by molar-refractivity contribution is -0.139. The minimum Gasteiger partial charge on any atom is -0.480 e. The molecule has 0 radical (unpaired) electrons.